The first kappa shape index (κ1) is 7.66. The lowest BCUT2D eigenvalue weighted by Gasteiger charge is -2.28. The molecule has 1 aliphatic rings. The molecule has 0 aliphatic carbocycles. The van der Waals surface area contributed by atoms with Crippen LogP contribution in [0.2, 0.25) is 0 Å². The molecule has 1 heterocycles. The van der Waals surface area contributed by atoms with Gasteiger partial charge in [0.1, 0.15) is 5.75 Å². The molecule has 2 rings (SSSR count). The normalized spacial score (nSPS) is 27.5. The van der Waals surface area contributed by atoms with Crippen molar-refractivity contribution >= 4 is 0 Å². The number of hydrogen-bond acceptors (Lipinski definition) is 1. The van der Waals surface area contributed by atoms with E-state index >= 15 is 0 Å². The highest BCUT2D eigenvalue weighted by molar-refractivity contribution is 5.35. The van der Waals surface area contributed by atoms with Gasteiger partial charge < -0.3 is 4.74 Å². The van der Waals surface area contributed by atoms with Gasteiger partial charge in [-0.2, -0.15) is 0 Å². The largest absolute Gasteiger partial charge is 0.490 e. The van der Waals surface area contributed by atoms with Crippen molar-refractivity contribution in [1.29, 1.82) is 0 Å². The van der Waals surface area contributed by atoms with Gasteiger partial charge in [0.2, 0.25) is 0 Å². The van der Waals surface area contributed by atoms with Gasteiger partial charge in [0.05, 0.1) is 6.10 Å². The van der Waals surface area contributed by atoms with Crippen molar-refractivity contribution in [1.82, 2.24) is 0 Å². The minimum Gasteiger partial charge on any atom is -0.490 e. The molecule has 0 aromatic heterocycles. The molecule has 12 heavy (non-hydrogen) atoms. The maximum absolute atomic E-state index is 5.74. The van der Waals surface area contributed by atoms with E-state index in [9.17, 15) is 0 Å². The van der Waals surface area contributed by atoms with Crippen LogP contribution in [0.4, 0.5) is 0 Å². The van der Waals surface area contributed by atoms with Gasteiger partial charge in [0, 0.05) is 0 Å². The molecule has 1 aliphatic heterocycles. The van der Waals surface area contributed by atoms with Gasteiger partial charge in [0.15, 0.2) is 0 Å². The molecule has 1 aromatic carbocycles. The predicted octanol–water partition coefficient (Wildman–Crippen LogP) is 2.65. The molecule has 0 amide bonds. The third-order valence-electron chi connectivity index (χ3n) is 2.63. The summed E-state index contributed by atoms with van der Waals surface area (Å²) < 4.78 is 5.74. The van der Waals surface area contributed by atoms with E-state index in [-0.39, 0.29) is 0 Å². The van der Waals surface area contributed by atoms with Crippen molar-refractivity contribution in [3.8, 4) is 5.75 Å². The molecular weight excluding hydrogens is 148 g/mol. The molecule has 0 N–H and O–H groups in total. The van der Waals surface area contributed by atoms with E-state index in [1.807, 2.05) is 6.07 Å². The minimum atomic E-state index is 0.361. The molecule has 1 nitrogen and oxygen atoms in total. The van der Waals surface area contributed by atoms with Crippen molar-refractivity contribution < 1.29 is 4.74 Å². The van der Waals surface area contributed by atoms with E-state index in [1.54, 1.807) is 0 Å². The summed E-state index contributed by atoms with van der Waals surface area (Å²) in [5.41, 5.74) is 1.35. The molecule has 64 valence electrons. The van der Waals surface area contributed by atoms with E-state index in [0.29, 0.717) is 12.0 Å². The summed E-state index contributed by atoms with van der Waals surface area (Å²) in [6.07, 6.45) is 1.51. The van der Waals surface area contributed by atoms with Gasteiger partial charge in [-0.05, 0) is 30.9 Å². The van der Waals surface area contributed by atoms with Gasteiger partial charge >= 0.3 is 0 Å². The SMILES string of the molecule is CC1Cc2ccccc2OC1C. The number of rotatable bonds is 0. The molecule has 0 spiro atoms. The predicted molar refractivity (Wildman–Crippen MR) is 49.4 cm³/mol. The quantitative estimate of drug-likeness (QED) is 0.570. The van der Waals surface area contributed by atoms with Crippen molar-refractivity contribution in [2.75, 3.05) is 0 Å². The Bertz CT molecular complexity index is 251. The summed E-state index contributed by atoms with van der Waals surface area (Å²) in [5.74, 6) is 1.71. The number of benzene rings is 1. The Kier molecular flexibility index (Phi) is 1.80. The maximum Gasteiger partial charge on any atom is 0.122 e. The maximum atomic E-state index is 5.74. The lowest BCUT2D eigenvalue weighted by Crippen LogP contribution is -2.27. The molecule has 0 bridgehead atoms. The zero-order chi connectivity index (χ0) is 8.55. The Morgan fingerprint density at radius 2 is 2.00 bits per heavy atom. The highest BCUT2D eigenvalue weighted by Gasteiger charge is 2.21. The van der Waals surface area contributed by atoms with Crippen LogP contribution in [0.1, 0.15) is 19.4 Å². The smallest absolute Gasteiger partial charge is 0.122 e. The van der Waals surface area contributed by atoms with Gasteiger partial charge in [-0.25, -0.2) is 0 Å². The average Bonchev–Trinajstić information content (AvgIpc) is 2.07. The van der Waals surface area contributed by atoms with Crippen LogP contribution in [0, 0.1) is 5.92 Å². The number of para-hydroxylation sites is 1. The second kappa shape index (κ2) is 2.81. The first-order valence-corrected chi connectivity index (χ1v) is 4.52. The van der Waals surface area contributed by atoms with Crippen LogP contribution >= 0.6 is 0 Å². The molecule has 0 radical (unpaired) electrons. The first-order chi connectivity index (χ1) is 5.77. The number of fused-ring (bicyclic) bond motifs is 1. The average molecular weight is 162 g/mol. The summed E-state index contributed by atoms with van der Waals surface area (Å²) in [6, 6.07) is 8.31. The molecule has 1 aromatic rings. The molecule has 2 unspecified atom stereocenters. The number of ether oxygens (including phenoxy) is 1. The second-order valence-corrected chi connectivity index (χ2v) is 3.61. The summed E-state index contributed by atoms with van der Waals surface area (Å²) in [7, 11) is 0. The summed E-state index contributed by atoms with van der Waals surface area (Å²) in [5, 5.41) is 0. The Labute approximate surface area is 73.4 Å². The number of hydrogen-bond donors (Lipinski definition) is 0. The lowest BCUT2D eigenvalue weighted by molar-refractivity contribution is 0.140. The van der Waals surface area contributed by atoms with Crippen LogP contribution in [0.5, 0.6) is 5.75 Å². The Balaban J connectivity index is 2.34. The topological polar surface area (TPSA) is 9.23 Å². The summed E-state index contributed by atoms with van der Waals surface area (Å²) in [4.78, 5) is 0. The Morgan fingerprint density at radius 3 is 2.83 bits per heavy atom. The second-order valence-electron chi connectivity index (χ2n) is 3.61. The van der Waals surface area contributed by atoms with Crippen LogP contribution in [0.25, 0.3) is 0 Å². The summed E-state index contributed by atoms with van der Waals surface area (Å²) >= 11 is 0. The van der Waals surface area contributed by atoms with Gasteiger partial charge in [0.25, 0.3) is 0 Å². The Hall–Kier alpha value is -0.980. The van der Waals surface area contributed by atoms with Gasteiger partial charge in [-0.1, -0.05) is 25.1 Å². The van der Waals surface area contributed by atoms with Crippen molar-refractivity contribution in [3.63, 3.8) is 0 Å². The highest BCUT2D eigenvalue weighted by Crippen LogP contribution is 2.29. The highest BCUT2D eigenvalue weighted by atomic mass is 16.5. The Morgan fingerprint density at radius 1 is 1.25 bits per heavy atom. The third kappa shape index (κ3) is 1.20. The van der Waals surface area contributed by atoms with Crippen molar-refractivity contribution in [2.45, 2.75) is 26.4 Å². The molecule has 2 atom stereocenters. The van der Waals surface area contributed by atoms with E-state index in [4.69, 9.17) is 4.74 Å². The van der Waals surface area contributed by atoms with E-state index in [0.717, 1.165) is 12.2 Å². The molecule has 1 heteroatoms. The van der Waals surface area contributed by atoms with Crippen LogP contribution in [0.15, 0.2) is 24.3 Å². The molecular formula is C11H14O. The first-order valence-electron chi connectivity index (χ1n) is 4.52. The zero-order valence-electron chi connectivity index (χ0n) is 7.58. The molecule has 0 saturated carbocycles. The lowest BCUT2D eigenvalue weighted by atomic mass is 9.93. The minimum absolute atomic E-state index is 0.361. The fourth-order valence-corrected chi connectivity index (χ4v) is 1.62. The van der Waals surface area contributed by atoms with Crippen LogP contribution in [-0.2, 0) is 6.42 Å². The van der Waals surface area contributed by atoms with Crippen LogP contribution in [0.3, 0.4) is 0 Å². The van der Waals surface area contributed by atoms with Crippen molar-refractivity contribution in [2.24, 2.45) is 5.92 Å². The van der Waals surface area contributed by atoms with Crippen molar-refractivity contribution in [3.05, 3.63) is 29.8 Å². The third-order valence-corrected chi connectivity index (χ3v) is 2.63. The fourth-order valence-electron chi connectivity index (χ4n) is 1.62. The monoisotopic (exact) mass is 162 g/mol. The molecule has 0 fully saturated rings. The van der Waals surface area contributed by atoms with Gasteiger partial charge in [-0.3, -0.25) is 0 Å². The van der Waals surface area contributed by atoms with E-state index < -0.39 is 0 Å². The standard InChI is InChI=1S/C11H14O/c1-8-7-10-5-3-4-6-11(10)12-9(8)2/h3-6,8-9H,7H2,1-2H3. The molecule has 0 saturated heterocycles. The van der Waals surface area contributed by atoms with Gasteiger partial charge in [-0.15, -0.1) is 0 Å². The summed E-state index contributed by atoms with van der Waals surface area (Å²) in [6.45, 7) is 4.38. The van der Waals surface area contributed by atoms with Crippen LogP contribution in [-0.4, -0.2) is 6.10 Å². The van der Waals surface area contributed by atoms with E-state index in [1.165, 1.54) is 5.56 Å². The fraction of sp³-hybridized carbons (Fsp3) is 0.455. The van der Waals surface area contributed by atoms with Crippen LogP contribution < -0.4 is 4.74 Å². The van der Waals surface area contributed by atoms with E-state index in [2.05, 4.69) is 32.0 Å². The zero-order valence-corrected chi connectivity index (χ0v) is 7.58.